The minimum Gasteiger partial charge on any atom is -0.313 e. The van der Waals surface area contributed by atoms with E-state index in [1.807, 2.05) is 0 Å². The molecule has 2 aliphatic rings. The zero-order valence-electron chi connectivity index (χ0n) is 13.9. The first-order chi connectivity index (χ1) is 9.78. The van der Waals surface area contributed by atoms with Crippen LogP contribution in [0, 0.1) is 5.92 Å². The van der Waals surface area contributed by atoms with Gasteiger partial charge >= 0.3 is 0 Å². The summed E-state index contributed by atoms with van der Waals surface area (Å²) in [7, 11) is 0. The molecule has 3 unspecified atom stereocenters. The third-order valence-corrected chi connectivity index (χ3v) is 5.38. The van der Waals surface area contributed by atoms with Crippen LogP contribution < -0.4 is 5.32 Å². The summed E-state index contributed by atoms with van der Waals surface area (Å²) in [6, 6.07) is 1.53. The summed E-state index contributed by atoms with van der Waals surface area (Å²) in [4.78, 5) is 5.43. The molecule has 0 spiro atoms. The van der Waals surface area contributed by atoms with Gasteiger partial charge in [0.05, 0.1) is 0 Å². The van der Waals surface area contributed by atoms with E-state index in [4.69, 9.17) is 0 Å². The van der Waals surface area contributed by atoms with Crippen molar-refractivity contribution >= 4 is 0 Å². The molecule has 1 aliphatic carbocycles. The van der Waals surface area contributed by atoms with Crippen LogP contribution in [0.25, 0.3) is 0 Å². The summed E-state index contributed by atoms with van der Waals surface area (Å²) < 4.78 is 0. The van der Waals surface area contributed by atoms with Gasteiger partial charge in [0.2, 0.25) is 0 Å². The fraction of sp³-hybridized carbons (Fsp3) is 1.00. The highest BCUT2D eigenvalue weighted by Crippen LogP contribution is 2.30. The Morgan fingerprint density at radius 3 is 2.35 bits per heavy atom. The first-order valence-electron chi connectivity index (χ1n) is 8.98. The number of nitrogens with zero attached hydrogens (tertiary/aromatic N) is 2. The van der Waals surface area contributed by atoms with Crippen LogP contribution in [0.4, 0.5) is 0 Å². The second-order valence-electron chi connectivity index (χ2n) is 6.70. The monoisotopic (exact) mass is 281 g/mol. The van der Waals surface area contributed by atoms with E-state index < -0.39 is 0 Å². The molecule has 1 aliphatic heterocycles. The van der Waals surface area contributed by atoms with E-state index >= 15 is 0 Å². The molecular formula is C17H35N3. The molecule has 3 nitrogen and oxygen atoms in total. The van der Waals surface area contributed by atoms with Crippen LogP contribution in [0.1, 0.15) is 52.9 Å². The van der Waals surface area contributed by atoms with E-state index in [1.54, 1.807) is 0 Å². The largest absolute Gasteiger partial charge is 0.313 e. The predicted octanol–water partition coefficient (Wildman–Crippen LogP) is 2.57. The molecule has 0 amide bonds. The van der Waals surface area contributed by atoms with Crippen LogP contribution in [-0.2, 0) is 0 Å². The van der Waals surface area contributed by atoms with E-state index in [-0.39, 0.29) is 0 Å². The fourth-order valence-electron chi connectivity index (χ4n) is 4.14. The van der Waals surface area contributed by atoms with E-state index in [0.29, 0.717) is 0 Å². The molecular weight excluding hydrogens is 246 g/mol. The summed E-state index contributed by atoms with van der Waals surface area (Å²) in [5.74, 6) is 0.962. The maximum atomic E-state index is 3.76. The molecule has 3 heteroatoms. The maximum absolute atomic E-state index is 3.76. The molecule has 3 atom stereocenters. The van der Waals surface area contributed by atoms with Gasteiger partial charge in [0, 0.05) is 38.3 Å². The standard InChI is InChI=1S/C17H35N3/c1-4-9-19-10-12-20(13-11-19)17-14-15(5-2)7-8-16(17)18-6-3/h15-18H,4-14H2,1-3H3. The zero-order chi connectivity index (χ0) is 14.4. The summed E-state index contributed by atoms with van der Waals surface area (Å²) in [6.07, 6.45) is 6.89. The molecule has 1 N–H and O–H groups in total. The highest BCUT2D eigenvalue weighted by atomic mass is 15.3. The molecule has 0 aromatic heterocycles. The summed E-state index contributed by atoms with van der Waals surface area (Å²) >= 11 is 0. The molecule has 1 saturated carbocycles. The normalized spacial score (nSPS) is 33.5. The van der Waals surface area contributed by atoms with Crippen molar-refractivity contribution in [3.8, 4) is 0 Å². The first kappa shape index (κ1) is 16.3. The Morgan fingerprint density at radius 2 is 1.75 bits per heavy atom. The number of piperazine rings is 1. The Morgan fingerprint density at radius 1 is 1.00 bits per heavy atom. The smallest absolute Gasteiger partial charge is 0.0253 e. The quantitative estimate of drug-likeness (QED) is 0.807. The van der Waals surface area contributed by atoms with Crippen molar-refractivity contribution in [2.24, 2.45) is 5.92 Å². The van der Waals surface area contributed by atoms with Crippen LogP contribution in [0.15, 0.2) is 0 Å². The van der Waals surface area contributed by atoms with Crippen LogP contribution in [0.5, 0.6) is 0 Å². The molecule has 0 bridgehead atoms. The van der Waals surface area contributed by atoms with Crippen molar-refractivity contribution in [2.75, 3.05) is 39.3 Å². The van der Waals surface area contributed by atoms with Gasteiger partial charge < -0.3 is 10.2 Å². The first-order valence-corrected chi connectivity index (χ1v) is 8.98. The van der Waals surface area contributed by atoms with Gasteiger partial charge in [0.1, 0.15) is 0 Å². The number of hydrogen-bond acceptors (Lipinski definition) is 3. The van der Waals surface area contributed by atoms with Crippen molar-refractivity contribution < 1.29 is 0 Å². The Labute approximate surface area is 126 Å². The Balaban J connectivity index is 1.89. The van der Waals surface area contributed by atoms with Crippen LogP contribution in [0.2, 0.25) is 0 Å². The van der Waals surface area contributed by atoms with Gasteiger partial charge in [-0.2, -0.15) is 0 Å². The van der Waals surface area contributed by atoms with Crippen LogP contribution in [0.3, 0.4) is 0 Å². The van der Waals surface area contributed by atoms with E-state index in [1.165, 1.54) is 64.8 Å². The predicted molar refractivity (Wildman–Crippen MR) is 87.2 cm³/mol. The van der Waals surface area contributed by atoms with Gasteiger partial charge in [0.15, 0.2) is 0 Å². The topological polar surface area (TPSA) is 18.5 Å². The fourth-order valence-corrected chi connectivity index (χ4v) is 4.14. The molecule has 1 heterocycles. The average Bonchev–Trinajstić information content (AvgIpc) is 2.49. The molecule has 118 valence electrons. The average molecular weight is 281 g/mol. The number of hydrogen-bond donors (Lipinski definition) is 1. The van der Waals surface area contributed by atoms with Crippen molar-refractivity contribution in [3.63, 3.8) is 0 Å². The van der Waals surface area contributed by atoms with Gasteiger partial charge in [-0.15, -0.1) is 0 Å². The molecule has 1 saturated heterocycles. The number of nitrogens with one attached hydrogen (secondary N) is 1. The minimum atomic E-state index is 0.737. The Bertz CT molecular complexity index is 261. The lowest BCUT2D eigenvalue weighted by molar-refractivity contribution is 0.0476. The van der Waals surface area contributed by atoms with Gasteiger partial charge in [0.25, 0.3) is 0 Å². The molecule has 20 heavy (non-hydrogen) atoms. The summed E-state index contributed by atoms with van der Waals surface area (Å²) in [5, 5.41) is 3.76. The molecule has 2 rings (SSSR count). The maximum Gasteiger partial charge on any atom is 0.0253 e. The van der Waals surface area contributed by atoms with Gasteiger partial charge in [-0.1, -0.05) is 27.2 Å². The van der Waals surface area contributed by atoms with E-state index in [0.717, 1.165) is 24.5 Å². The number of rotatable bonds is 6. The molecule has 2 fully saturated rings. The Hall–Kier alpha value is -0.120. The Kier molecular flexibility index (Phi) is 6.79. The van der Waals surface area contributed by atoms with E-state index in [2.05, 4.69) is 35.9 Å². The zero-order valence-corrected chi connectivity index (χ0v) is 13.9. The van der Waals surface area contributed by atoms with Crippen LogP contribution in [-0.4, -0.2) is 61.2 Å². The summed E-state index contributed by atoms with van der Waals surface area (Å²) in [6.45, 7) is 14.4. The van der Waals surface area contributed by atoms with E-state index in [9.17, 15) is 0 Å². The van der Waals surface area contributed by atoms with Crippen molar-refractivity contribution in [1.29, 1.82) is 0 Å². The molecule has 0 radical (unpaired) electrons. The highest BCUT2D eigenvalue weighted by molar-refractivity contribution is 4.92. The SMILES string of the molecule is CCCN1CCN(C2CC(CC)CCC2NCC)CC1. The lowest BCUT2D eigenvalue weighted by Crippen LogP contribution is -2.58. The van der Waals surface area contributed by atoms with Crippen LogP contribution >= 0.6 is 0 Å². The molecule has 0 aromatic rings. The second kappa shape index (κ2) is 8.35. The van der Waals surface area contributed by atoms with Crippen molar-refractivity contribution in [3.05, 3.63) is 0 Å². The second-order valence-corrected chi connectivity index (χ2v) is 6.70. The third kappa shape index (κ3) is 4.19. The van der Waals surface area contributed by atoms with Gasteiger partial charge in [-0.25, -0.2) is 0 Å². The molecule has 0 aromatic carbocycles. The lowest BCUT2D eigenvalue weighted by atomic mass is 9.80. The lowest BCUT2D eigenvalue weighted by Gasteiger charge is -2.46. The van der Waals surface area contributed by atoms with Crippen molar-refractivity contribution in [1.82, 2.24) is 15.1 Å². The third-order valence-electron chi connectivity index (χ3n) is 5.38. The highest BCUT2D eigenvalue weighted by Gasteiger charge is 2.34. The van der Waals surface area contributed by atoms with Gasteiger partial charge in [-0.05, 0) is 44.7 Å². The minimum absolute atomic E-state index is 0.737. The number of likely N-dealkylation sites (N-methyl/N-ethyl adjacent to an activating group) is 1. The summed E-state index contributed by atoms with van der Waals surface area (Å²) in [5.41, 5.74) is 0. The van der Waals surface area contributed by atoms with Gasteiger partial charge in [-0.3, -0.25) is 4.90 Å². The van der Waals surface area contributed by atoms with Crippen molar-refractivity contribution in [2.45, 2.75) is 65.0 Å².